The summed E-state index contributed by atoms with van der Waals surface area (Å²) in [5, 5.41) is 6.13. The third-order valence-electron chi connectivity index (χ3n) is 2.62. The molecule has 0 saturated carbocycles. The van der Waals surface area contributed by atoms with Crippen LogP contribution in [0.5, 0.6) is 0 Å². The van der Waals surface area contributed by atoms with E-state index >= 15 is 0 Å². The molecule has 1 aliphatic heterocycles. The first-order valence-electron chi connectivity index (χ1n) is 7.30. The molecule has 2 heterocycles. The number of aromatic nitrogens is 1. The monoisotopic (exact) mass is 620 g/mol. The van der Waals surface area contributed by atoms with Gasteiger partial charge < -0.3 is 4.90 Å². The Kier molecular flexibility index (Phi) is 18.3. The Morgan fingerprint density at radius 1 is 1.00 bits per heavy atom. The fourth-order valence-electron chi connectivity index (χ4n) is 1.49. The summed E-state index contributed by atoms with van der Waals surface area (Å²) < 4.78 is 0. The van der Waals surface area contributed by atoms with Crippen LogP contribution >= 0.6 is 39.0 Å². The molecule has 1 aromatic heterocycles. The van der Waals surface area contributed by atoms with E-state index in [4.69, 9.17) is 0 Å². The normalized spacial score (nSPS) is 12.5. The molecule has 4 nitrogen and oxygen atoms in total. The van der Waals surface area contributed by atoms with Gasteiger partial charge in [0.05, 0.1) is 0 Å². The van der Waals surface area contributed by atoms with Crippen molar-refractivity contribution in [3.8, 4) is 0 Å². The zero-order valence-electron chi connectivity index (χ0n) is 13.1. The molecule has 0 atom stereocenters. The van der Waals surface area contributed by atoms with Crippen LogP contribution in [0.3, 0.4) is 0 Å². The molecule has 0 N–H and O–H groups in total. The van der Waals surface area contributed by atoms with E-state index in [2.05, 4.69) is 69.6 Å². The maximum Gasteiger partial charge on any atom is 0.0267 e. The summed E-state index contributed by atoms with van der Waals surface area (Å²) in [4.78, 5) is 5.83. The van der Waals surface area contributed by atoms with E-state index in [1.807, 2.05) is 34.4 Å². The maximum absolute atomic E-state index is 4.23. The molecule has 0 spiro atoms. The van der Waals surface area contributed by atoms with Gasteiger partial charge in [0.15, 0.2) is 0 Å². The van der Waals surface area contributed by atoms with Gasteiger partial charge in [0.25, 0.3) is 0 Å². The van der Waals surface area contributed by atoms with Crippen LogP contribution in [0.15, 0.2) is 35.7 Å². The standard InChI is InChI=1S/C10H19N3.C5H5N.2HI.Pd/c1-3-5-7-12-9-11-13(10-12)8-6-4-2;1-2-4-6-5-3-1;;;/h9H,3-8H2,1-2H3;1-5H;2*1H;/q;;;;+2/p-2. The summed E-state index contributed by atoms with van der Waals surface area (Å²) in [5.41, 5.74) is 0. The Morgan fingerprint density at radius 3 is 2.05 bits per heavy atom. The minimum absolute atomic E-state index is 0.890. The van der Waals surface area contributed by atoms with E-state index in [0.717, 1.165) is 23.8 Å². The predicted molar refractivity (Wildman–Crippen MR) is 107 cm³/mol. The number of halogens is 2. The van der Waals surface area contributed by atoms with Gasteiger partial charge in [-0.15, -0.1) is 0 Å². The first kappa shape index (κ1) is 22.5. The molecular weight excluding hydrogens is 596 g/mol. The van der Waals surface area contributed by atoms with Gasteiger partial charge >= 0.3 is 49.8 Å². The maximum atomic E-state index is 4.23. The molecule has 22 heavy (non-hydrogen) atoms. The van der Waals surface area contributed by atoms with Crippen LogP contribution in [-0.2, 0) is 10.8 Å². The van der Waals surface area contributed by atoms with Crippen molar-refractivity contribution in [2.75, 3.05) is 13.1 Å². The van der Waals surface area contributed by atoms with Crippen molar-refractivity contribution in [1.82, 2.24) is 14.9 Å². The second-order valence-electron chi connectivity index (χ2n) is 4.42. The Hall–Kier alpha value is 0.542. The molecule has 0 unspecified atom stereocenters. The van der Waals surface area contributed by atoms with Crippen molar-refractivity contribution >= 4 is 45.4 Å². The van der Waals surface area contributed by atoms with E-state index in [1.54, 1.807) is 12.4 Å². The van der Waals surface area contributed by atoms with Crippen LogP contribution in [-0.4, -0.2) is 34.3 Å². The third kappa shape index (κ3) is 14.2. The molecule has 1 aromatic rings. The molecule has 1 aliphatic rings. The van der Waals surface area contributed by atoms with Crippen LogP contribution in [0.4, 0.5) is 0 Å². The minimum atomic E-state index is 0.890. The second kappa shape index (κ2) is 17.9. The average molecular weight is 621 g/mol. The fraction of sp³-hybridized carbons (Fsp3) is 0.533. The number of pyridine rings is 1. The predicted octanol–water partition coefficient (Wildman–Crippen LogP) is 4.99. The molecule has 0 aromatic carbocycles. The SMILES string of the molecule is CCCCN1[C]N(CCCC)N=C1.[I][Pd][I].c1ccncc1. The number of rotatable bonds is 6. The van der Waals surface area contributed by atoms with Gasteiger partial charge in [-0.3, -0.25) is 9.99 Å². The molecular formula is C15H24I2N4Pd. The van der Waals surface area contributed by atoms with Crippen LogP contribution in [0.2, 0.25) is 0 Å². The van der Waals surface area contributed by atoms with E-state index in [0.29, 0.717) is 0 Å². The van der Waals surface area contributed by atoms with Crippen LogP contribution < -0.4 is 0 Å². The summed E-state index contributed by atoms with van der Waals surface area (Å²) in [6.45, 7) is 9.63. The number of hydrazone groups is 1. The van der Waals surface area contributed by atoms with Gasteiger partial charge in [-0.2, -0.15) is 5.10 Å². The molecule has 0 amide bonds. The van der Waals surface area contributed by atoms with Gasteiger partial charge in [-0.05, 0) is 25.0 Å². The first-order valence-corrected chi connectivity index (χ1v) is 16.5. The fourth-order valence-corrected chi connectivity index (χ4v) is 1.49. The summed E-state index contributed by atoms with van der Waals surface area (Å²) >= 11 is 4.65. The Labute approximate surface area is 164 Å². The Balaban J connectivity index is 0.000000404. The molecule has 0 bridgehead atoms. The average Bonchev–Trinajstić information content (AvgIpc) is 3.02. The number of nitrogens with zero attached hydrogens (tertiary/aromatic N) is 4. The zero-order valence-corrected chi connectivity index (χ0v) is 18.9. The minimum Gasteiger partial charge on any atom is -0.265 e. The van der Waals surface area contributed by atoms with Crippen LogP contribution in [0.25, 0.3) is 0 Å². The zero-order chi connectivity index (χ0) is 16.5. The van der Waals surface area contributed by atoms with E-state index in [1.165, 1.54) is 25.7 Å². The molecule has 0 saturated heterocycles. The topological polar surface area (TPSA) is 31.7 Å². The van der Waals surface area contributed by atoms with Crippen molar-refractivity contribution in [3.05, 3.63) is 37.3 Å². The van der Waals surface area contributed by atoms with Gasteiger partial charge in [0.2, 0.25) is 6.67 Å². The quantitative estimate of drug-likeness (QED) is 0.332. The van der Waals surface area contributed by atoms with Gasteiger partial charge in [-0.1, -0.05) is 32.8 Å². The van der Waals surface area contributed by atoms with E-state index in [-0.39, 0.29) is 0 Å². The van der Waals surface area contributed by atoms with Crippen LogP contribution in [0, 0.1) is 6.67 Å². The number of hydrogen-bond acceptors (Lipinski definition) is 4. The van der Waals surface area contributed by atoms with Crippen LogP contribution in [0.1, 0.15) is 39.5 Å². The third-order valence-corrected chi connectivity index (χ3v) is 2.62. The molecule has 0 fully saturated rings. The number of unbranched alkanes of at least 4 members (excludes halogenated alkanes) is 2. The van der Waals surface area contributed by atoms with Crippen molar-refractivity contribution in [3.63, 3.8) is 0 Å². The molecule has 2 radical (unpaired) electrons. The Bertz CT molecular complexity index is 312. The van der Waals surface area contributed by atoms with Crippen molar-refractivity contribution in [2.45, 2.75) is 39.5 Å². The molecule has 7 heteroatoms. The summed E-state index contributed by atoms with van der Waals surface area (Å²) in [5.74, 6) is 0. The number of hydrogen-bond donors (Lipinski definition) is 0. The summed E-state index contributed by atoms with van der Waals surface area (Å²) in [6.07, 6.45) is 10.2. The van der Waals surface area contributed by atoms with Crippen molar-refractivity contribution in [1.29, 1.82) is 0 Å². The van der Waals surface area contributed by atoms with Gasteiger partial charge in [-0.25, -0.2) is 0 Å². The van der Waals surface area contributed by atoms with Crippen molar-refractivity contribution < 1.29 is 10.8 Å². The van der Waals surface area contributed by atoms with E-state index in [9.17, 15) is 0 Å². The van der Waals surface area contributed by atoms with Crippen molar-refractivity contribution in [2.24, 2.45) is 5.10 Å². The molecule has 128 valence electrons. The van der Waals surface area contributed by atoms with Gasteiger partial charge in [0, 0.05) is 25.5 Å². The largest absolute Gasteiger partial charge is 0.265 e. The van der Waals surface area contributed by atoms with Gasteiger partial charge in [0.1, 0.15) is 6.34 Å². The first-order chi connectivity index (χ1) is 10.8. The summed E-state index contributed by atoms with van der Waals surface area (Å²) in [7, 11) is 0.890. The van der Waals surface area contributed by atoms with E-state index < -0.39 is 0 Å². The summed E-state index contributed by atoms with van der Waals surface area (Å²) in [6, 6.07) is 5.72. The second-order valence-corrected chi connectivity index (χ2v) is 16.4. The Morgan fingerprint density at radius 2 is 1.59 bits per heavy atom. The molecule has 0 aliphatic carbocycles. The smallest absolute Gasteiger partial charge is 0.0267 e. The molecule has 2 rings (SSSR count).